The minimum atomic E-state index is 0.443. The fourth-order valence-corrected chi connectivity index (χ4v) is 2.25. The summed E-state index contributed by atoms with van der Waals surface area (Å²) in [5, 5.41) is 11.9. The van der Waals surface area contributed by atoms with Gasteiger partial charge in [0.15, 0.2) is 5.82 Å². The third kappa shape index (κ3) is 3.15. The molecule has 2 aromatic heterocycles. The van der Waals surface area contributed by atoms with Crippen molar-refractivity contribution in [3.63, 3.8) is 0 Å². The first-order valence-corrected chi connectivity index (χ1v) is 6.27. The van der Waals surface area contributed by atoms with Gasteiger partial charge in [0.05, 0.1) is 6.54 Å². The molecule has 0 aliphatic heterocycles. The Balaban J connectivity index is 1.77. The van der Waals surface area contributed by atoms with Crippen LogP contribution in [0.5, 0.6) is 0 Å². The van der Waals surface area contributed by atoms with Crippen molar-refractivity contribution in [3.05, 3.63) is 34.5 Å². The predicted octanol–water partition coefficient (Wildman–Crippen LogP) is 1.60. The van der Waals surface area contributed by atoms with E-state index < -0.39 is 0 Å². The van der Waals surface area contributed by atoms with Crippen molar-refractivity contribution in [2.45, 2.75) is 25.9 Å². The maximum atomic E-state index is 4.22. The van der Waals surface area contributed by atoms with Crippen molar-refractivity contribution in [1.82, 2.24) is 20.1 Å². The van der Waals surface area contributed by atoms with Crippen LogP contribution in [0.25, 0.3) is 0 Å². The summed E-state index contributed by atoms with van der Waals surface area (Å²) in [5.74, 6) is 0.847. The summed E-state index contributed by atoms with van der Waals surface area (Å²) in [6.07, 6.45) is 2.77. The van der Waals surface area contributed by atoms with Gasteiger partial charge < -0.3 is 5.32 Å². The Morgan fingerprint density at radius 3 is 3.06 bits per heavy atom. The topological polar surface area (TPSA) is 42.7 Å². The van der Waals surface area contributed by atoms with E-state index in [2.05, 4.69) is 39.1 Å². The first-order valence-electron chi connectivity index (χ1n) is 5.33. The normalized spacial score (nSPS) is 12.9. The zero-order valence-corrected chi connectivity index (χ0v) is 10.4. The highest BCUT2D eigenvalue weighted by Gasteiger charge is 2.05. The molecule has 0 aromatic carbocycles. The third-order valence-corrected chi connectivity index (χ3v) is 3.11. The zero-order valence-electron chi connectivity index (χ0n) is 9.55. The molecule has 5 heteroatoms. The van der Waals surface area contributed by atoms with Gasteiger partial charge in [-0.25, -0.2) is 4.98 Å². The fraction of sp³-hybridized carbons (Fsp3) is 0.455. The van der Waals surface area contributed by atoms with Gasteiger partial charge in [-0.05, 0) is 35.7 Å². The van der Waals surface area contributed by atoms with Gasteiger partial charge in [-0.1, -0.05) is 0 Å². The van der Waals surface area contributed by atoms with Gasteiger partial charge in [-0.15, -0.1) is 0 Å². The quantitative estimate of drug-likeness (QED) is 0.857. The number of nitrogens with one attached hydrogen (secondary N) is 1. The van der Waals surface area contributed by atoms with Crippen molar-refractivity contribution in [2.75, 3.05) is 0 Å². The first-order chi connectivity index (χ1) is 7.74. The molecule has 0 radical (unpaired) electrons. The molecule has 86 valence electrons. The summed E-state index contributed by atoms with van der Waals surface area (Å²) >= 11 is 1.74. The van der Waals surface area contributed by atoms with E-state index in [0.717, 1.165) is 18.8 Å². The van der Waals surface area contributed by atoms with E-state index >= 15 is 0 Å². The fourth-order valence-electron chi connectivity index (χ4n) is 1.56. The smallest absolute Gasteiger partial charge is 0.164 e. The SMILES string of the molecule is CC(Cc1ccsc1)NCc1ncn(C)n1. The lowest BCUT2D eigenvalue weighted by Gasteiger charge is -2.11. The summed E-state index contributed by atoms with van der Waals surface area (Å²) in [7, 11) is 1.88. The lowest BCUT2D eigenvalue weighted by molar-refractivity contribution is 0.532. The molecule has 0 saturated carbocycles. The average molecular weight is 236 g/mol. The number of nitrogens with zero attached hydrogens (tertiary/aromatic N) is 3. The van der Waals surface area contributed by atoms with Crippen LogP contribution in [0.3, 0.4) is 0 Å². The second-order valence-electron chi connectivity index (χ2n) is 3.95. The van der Waals surface area contributed by atoms with Crippen LogP contribution in [0, 0.1) is 0 Å². The number of thiophene rings is 1. The molecular formula is C11H16N4S. The molecule has 0 amide bonds. The Bertz CT molecular complexity index is 421. The summed E-state index contributed by atoms with van der Waals surface area (Å²) in [4.78, 5) is 4.18. The second kappa shape index (κ2) is 5.23. The van der Waals surface area contributed by atoms with Crippen molar-refractivity contribution in [3.8, 4) is 0 Å². The van der Waals surface area contributed by atoms with E-state index in [1.165, 1.54) is 5.56 Å². The van der Waals surface area contributed by atoms with Crippen LogP contribution in [-0.2, 0) is 20.0 Å². The number of hydrogen-bond donors (Lipinski definition) is 1. The Morgan fingerprint density at radius 2 is 2.44 bits per heavy atom. The van der Waals surface area contributed by atoms with Crippen LogP contribution in [0.4, 0.5) is 0 Å². The maximum Gasteiger partial charge on any atom is 0.164 e. The molecule has 0 fully saturated rings. The molecule has 0 bridgehead atoms. The predicted molar refractivity (Wildman–Crippen MR) is 65.3 cm³/mol. The standard InChI is InChI=1S/C11H16N4S/c1-9(5-10-3-4-16-7-10)12-6-11-13-8-15(2)14-11/h3-4,7-9,12H,5-6H2,1-2H3. The van der Waals surface area contributed by atoms with Crippen LogP contribution in [-0.4, -0.2) is 20.8 Å². The molecule has 4 nitrogen and oxygen atoms in total. The molecule has 0 aliphatic rings. The molecule has 2 heterocycles. The first kappa shape index (κ1) is 11.3. The third-order valence-electron chi connectivity index (χ3n) is 2.38. The van der Waals surface area contributed by atoms with Gasteiger partial charge in [-0.3, -0.25) is 4.68 Å². The number of hydrogen-bond acceptors (Lipinski definition) is 4. The number of rotatable bonds is 5. The van der Waals surface area contributed by atoms with Gasteiger partial charge in [0.2, 0.25) is 0 Å². The number of aromatic nitrogens is 3. The molecule has 1 unspecified atom stereocenters. The minimum absolute atomic E-state index is 0.443. The summed E-state index contributed by atoms with van der Waals surface area (Å²) < 4.78 is 1.72. The molecule has 1 N–H and O–H groups in total. The van der Waals surface area contributed by atoms with Gasteiger partial charge in [0.25, 0.3) is 0 Å². The minimum Gasteiger partial charge on any atom is -0.307 e. The highest BCUT2D eigenvalue weighted by atomic mass is 32.1. The van der Waals surface area contributed by atoms with Crippen LogP contribution >= 0.6 is 11.3 Å². The van der Waals surface area contributed by atoms with Gasteiger partial charge in [-0.2, -0.15) is 16.4 Å². The molecular weight excluding hydrogens is 220 g/mol. The Kier molecular flexibility index (Phi) is 3.69. The number of aryl methyl sites for hydroxylation is 1. The molecule has 2 rings (SSSR count). The van der Waals surface area contributed by atoms with Crippen molar-refractivity contribution in [2.24, 2.45) is 7.05 Å². The highest BCUT2D eigenvalue weighted by molar-refractivity contribution is 7.07. The van der Waals surface area contributed by atoms with E-state index in [9.17, 15) is 0 Å². The monoisotopic (exact) mass is 236 g/mol. The highest BCUT2D eigenvalue weighted by Crippen LogP contribution is 2.08. The lowest BCUT2D eigenvalue weighted by atomic mass is 10.1. The Labute approximate surface area is 99.3 Å². The molecule has 0 saturated heterocycles. The van der Waals surface area contributed by atoms with E-state index in [4.69, 9.17) is 0 Å². The molecule has 2 aromatic rings. The Hall–Kier alpha value is -1.20. The average Bonchev–Trinajstić information content (AvgIpc) is 2.87. The second-order valence-corrected chi connectivity index (χ2v) is 4.73. The largest absolute Gasteiger partial charge is 0.307 e. The summed E-state index contributed by atoms with van der Waals surface area (Å²) in [6, 6.07) is 2.61. The van der Waals surface area contributed by atoms with Crippen LogP contribution in [0.15, 0.2) is 23.2 Å². The van der Waals surface area contributed by atoms with E-state index in [1.807, 2.05) is 7.05 Å². The summed E-state index contributed by atoms with van der Waals surface area (Å²) in [5.41, 5.74) is 1.39. The van der Waals surface area contributed by atoms with Gasteiger partial charge in [0.1, 0.15) is 6.33 Å². The van der Waals surface area contributed by atoms with Gasteiger partial charge >= 0.3 is 0 Å². The van der Waals surface area contributed by atoms with Crippen LogP contribution < -0.4 is 5.32 Å². The van der Waals surface area contributed by atoms with Gasteiger partial charge in [0, 0.05) is 13.1 Å². The lowest BCUT2D eigenvalue weighted by Crippen LogP contribution is -2.27. The van der Waals surface area contributed by atoms with Crippen molar-refractivity contribution < 1.29 is 0 Å². The van der Waals surface area contributed by atoms with E-state index in [-0.39, 0.29) is 0 Å². The van der Waals surface area contributed by atoms with E-state index in [0.29, 0.717) is 6.04 Å². The summed E-state index contributed by atoms with van der Waals surface area (Å²) in [6.45, 7) is 2.91. The Morgan fingerprint density at radius 1 is 1.56 bits per heavy atom. The van der Waals surface area contributed by atoms with Crippen LogP contribution in [0.2, 0.25) is 0 Å². The van der Waals surface area contributed by atoms with E-state index in [1.54, 1.807) is 22.3 Å². The van der Waals surface area contributed by atoms with Crippen molar-refractivity contribution >= 4 is 11.3 Å². The zero-order chi connectivity index (χ0) is 11.4. The molecule has 16 heavy (non-hydrogen) atoms. The molecule has 1 atom stereocenters. The van der Waals surface area contributed by atoms with Crippen molar-refractivity contribution in [1.29, 1.82) is 0 Å². The van der Waals surface area contributed by atoms with Crippen LogP contribution in [0.1, 0.15) is 18.3 Å². The molecule has 0 spiro atoms. The molecule has 0 aliphatic carbocycles. The maximum absolute atomic E-state index is 4.22.